The third-order valence-electron chi connectivity index (χ3n) is 5.17. The number of thiophene rings is 1. The third kappa shape index (κ3) is 3.08. The molecule has 0 bridgehead atoms. The maximum atomic E-state index is 12.1. The van der Waals surface area contributed by atoms with Crippen LogP contribution in [0.15, 0.2) is 50.1 Å². The summed E-state index contributed by atoms with van der Waals surface area (Å²) in [5.41, 5.74) is 4.09. The largest absolute Gasteiger partial charge is 0.423 e. The van der Waals surface area contributed by atoms with Crippen LogP contribution in [0.2, 0.25) is 0 Å². The molecule has 5 rings (SSSR count). The normalized spacial score (nSPS) is 13.3. The van der Waals surface area contributed by atoms with Gasteiger partial charge in [0.1, 0.15) is 5.58 Å². The van der Waals surface area contributed by atoms with Gasteiger partial charge in [-0.15, -0.1) is 21.5 Å². The standard InChI is InChI=1S/C21H19N3O2S2/c1-2-24-20(18-7-4-8-27-18)22-23-21(24)28-12-15-11-19(25)26-17-10-14-6-3-5-13(14)9-16(15)17/h4,7-11H,2-3,5-6,12H2,1H3. The number of hydrogen-bond acceptors (Lipinski definition) is 6. The van der Waals surface area contributed by atoms with E-state index in [4.69, 9.17) is 4.42 Å². The summed E-state index contributed by atoms with van der Waals surface area (Å²) >= 11 is 3.28. The smallest absolute Gasteiger partial charge is 0.336 e. The molecule has 0 amide bonds. The van der Waals surface area contributed by atoms with Gasteiger partial charge in [-0.05, 0) is 66.5 Å². The van der Waals surface area contributed by atoms with Crippen LogP contribution in [0.25, 0.3) is 21.7 Å². The van der Waals surface area contributed by atoms with Crippen molar-refractivity contribution >= 4 is 34.1 Å². The van der Waals surface area contributed by atoms with Crippen LogP contribution >= 0.6 is 23.1 Å². The molecule has 0 atom stereocenters. The van der Waals surface area contributed by atoms with Crippen LogP contribution in [0.3, 0.4) is 0 Å². The Balaban J connectivity index is 1.49. The molecule has 0 saturated carbocycles. The van der Waals surface area contributed by atoms with Crippen molar-refractivity contribution in [1.29, 1.82) is 0 Å². The number of fused-ring (bicyclic) bond motifs is 2. The fraction of sp³-hybridized carbons (Fsp3) is 0.286. The van der Waals surface area contributed by atoms with E-state index in [1.807, 2.05) is 11.4 Å². The second-order valence-electron chi connectivity index (χ2n) is 6.88. The van der Waals surface area contributed by atoms with E-state index in [9.17, 15) is 4.79 Å². The molecule has 7 heteroatoms. The maximum Gasteiger partial charge on any atom is 0.336 e. The van der Waals surface area contributed by atoms with E-state index in [-0.39, 0.29) is 5.63 Å². The third-order valence-corrected chi connectivity index (χ3v) is 7.06. The average Bonchev–Trinajstić information content (AvgIpc) is 3.43. The van der Waals surface area contributed by atoms with Crippen molar-refractivity contribution in [2.24, 2.45) is 0 Å². The number of benzene rings is 1. The molecule has 1 aliphatic carbocycles. The Bertz CT molecular complexity index is 1210. The minimum atomic E-state index is -0.294. The van der Waals surface area contributed by atoms with Crippen LogP contribution < -0.4 is 5.63 Å². The predicted molar refractivity (Wildman–Crippen MR) is 113 cm³/mol. The van der Waals surface area contributed by atoms with Crippen molar-refractivity contribution in [3.8, 4) is 10.7 Å². The Morgan fingerprint density at radius 2 is 2.07 bits per heavy atom. The highest BCUT2D eigenvalue weighted by atomic mass is 32.2. The van der Waals surface area contributed by atoms with E-state index in [2.05, 4.69) is 39.9 Å². The van der Waals surface area contributed by atoms with Crippen molar-refractivity contribution in [3.63, 3.8) is 0 Å². The molecule has 5 nitrogen and oxygen atoms in total. The van der Waals surface area contributed by atoms with E-state index >= 15 is 0 Å². The highest BCUT2D eigenvalue weighted by Crippen LogP contribution is 2.32. The van der Waals surface area contributed by atoms with E-state index in [1.165, 1.54) is 17.5 Å². The minimum absolute atomic E-state index is 0.294. The lowest BCUT2D eigenvalue weighted by Crippen LogP contribution is -2.02. The van der Waals surface area contributed by atoms with Gasteiger partial charge in [-0.1, -0.05) is 17.8 Å². The molecular weight excluding hydrogens is 390 g/mol. The Morgan fingerprint density at radius 1 is 1.21 bits per heavy atom. The summed E-state index contributed by atoms with van der Waals surface area (Å²) in [6.07, 6.45) is 3.34. The van der Waals surface area contributed by atoms with Gasteiger partial charge < -0.3 is 8.98 Å². The molecule has 0 radical (unpaired) electrons. The van der Waals surface area contributed by atoms with E-state index in [0.717, 1.165) is 46.2 Å². The summed E-state index contributed by atoms with van der Waals surface area (Å²) < 4.78 is 7.61. The topological polar surface area (TPSA) is 60.9 Å². The summed E-state index contributed by atoms with van der Waals surface area (Å²) in [7, 11) is 0. The Kier molecular flexibility index (Phi) is 4.56. The van der Waals surface area contributed by atoms with Crippen LogP contribution in [-0.2, 0) is 25.1 Å². The quantitative estimate of drug-likeness (QED) is 0.346. The molecule has 3 aromatic heterocycles. The van der Waals surface area contributed by atoms with Crippen molar-refractivity contribution < 1.29 is 4.42 Å². The molecule has 1 aromatic carbocycles. The van der Waals surface area contributed by atoms with Crippen LogP contribution in [0.1, 0.15) is 30.0 Å². The first-order chi connectivity index (χ1) is 13.7. The zero-order valence-corrected chi connectivity index (χ0v) is 17.1. The fourth-order valence-corrected chi connectivity index (χ4v) is 5.54. The van der Waals surface area contributed by atoms with Crippen molar-refractivity contribution in [3.05, 3.63) is 62.8 Å². The molecule has 28 heavy (non-hydrogen) atoms. The van der Waals surface area contributed by atoms with Gasteiger partial charge in [-0.25, -0.2) is 4.79 Å². The van der Waals surface area contributed by atoms with Gasteiger partial charge in [0.25, 0.3) is 0 Å². The molecule has 4 aromatic rings. The molecule has 1 aliphatic rings. The first-order valence-electron chi connectivity index (χ1n) is 9.41. The van der Waals surface area contributed by atoms with Crippen molar-refractivity contribution in [1.82, 2.24) is 14.8 Å². The Hall–Kier alpha value is -2.38. The zero-order valence-electron chi connectivity index (χ0n) is 15.5. The summed E-state index contributed by atoms with van der Waals surface area (Å²) in [5.74, 6) is 1.55. The van der Waals surface area contributed by atoms with Gasteiger partial charge in [-0.2, -0.15) is 0 Å². The average molecular weight is 410 g/mol. The van der Waals surface area contributed by atoms with E-state index in [1.54, 1.807) is 29.2 Å². The predicted octanol–water partition coefficient (Wildman–Crippen LogP) is 4.91. The SMILES string of the molecule is CCn1c(SCc2cc(=O)oc3cc4c(cc23)CCC4)nnc1-c1cccs1. The van der Waals surface area contributed by atoms with Gasteiger partial charge in [0.15, 0.2) is 11.0 Å². The lowest BCUT2D eigenvalue weighted by Gasteiger charge is -2.09. The van der Waals surface area contributed by atoms with Crippen LogP contribution in [0.4, 0.5) is 0 Å². The molecular formula is C21H19N3O2S2. The number of hydrogen-bond donors (Lipinski definition) is 0. The lowest BCUT2D eigenvalue weighted by molar-refractivity contribution is 0.559. The second-order valence-corrected chi connectivity index (χ2v) is 8.77. The Morgan fingerprint density at radius 3 is 2.86 bits per heavy atom. The maximum absolute atomic E-state index is 12.1. The zero-order chi connectivity index (χ0) is 19.1. The van der Waals surface area contributed by atoms with Gasteiger partial charge in [-0.3, -0.25) is 0 Å². The molecule has 0 fully saturated rings. The molecule has 0 aliphatic heterocycles. The van der Waals surface area contributed by atoms with Crippen molar-refractivity contribution in [2.45, 2.75) is 43.6 Å². The second kappa shape index (κ2) is 7.22. The summed E-state index contributed by atoms with van der Waals surface area (Å²) in [5, 5.41) is 12.7. The van der Waals surface area contributed by atoms with Gasteiger partial charge in [0, 0.05) is 23.8 Å². The minimum Gasteiger partial charge on any atom is -0.423 e. The highest BCUT2D eigenvalue weighted by Gasteiger charge is 2.17. The van der Waals surface area contributed by atoms with Gasteiger partial charge in [0.05, 0.1) is 4.88 Å². The molecule has 142 valence electrons. The highest BCUT2D eigenvalue weighted by molar-refractivity contribution is 7.98. The van der Waals surface area contributed by atoms with Crippen LogP contribution in [0.5, 0.6) is 0 Å². The number of thioether (sulfide) groups is 1. The van der Waals surface area contributed by atoms with Gasteiger partial charge in [0.2, 0.25) is 0 Å². The molecule has 0 N–H and O–H groups in total. The van der Waals surface area contributed by atoms with E-state index in [0.29, 0.717) is 11.3 Å². The number of aromatic nitrogens is 3. The lowest BCUT2D eigenvalue weighted by atomic mass is 10.0. The number of rotatable bonds is 5. The molecule has 3 heterocycles. The monoisotopic (exact) mass is 409 g/mol. The Labute approximate surface area is 170 Å². The molecule has 0 unspecified atom stereocenters. The number of aryl methyl sites for hydroxylation is 2. The molecule has 0 saturated heterocycles. The van der Waals surface area contributed by atoms with Crippen molar-refractivity contribution in [2.75, 3.05) is 0 Å². The number of nitrogens with zero attached hydrogens (tertiary/aromatic N) is 3. The van der Waals surface area contributed by atoms with E-state index < -0.39 is 0 Å². The van der Waals surface area contributed by atoms with Crippen LogP contribution in [0, 0.1) is 0 Å². The first kappa shape index (κ1) is 17.7. The fourth-order valence-electron chi connectivity index (χ4n) is 3.83. The van der Waals surface area contributed by atoms with Gasteiger partial charge >= 0.3 is 5.63 Å². The summed E-state index contributed by atoms with van der Waals surface area (Å²) in [4.78, 5) is 13.2. The summed E-state index contributed by atoms with van der Waals surface area (Å²) in [6, 6.07) is 9.96. The summed E-state index contributed by atoms with van der Waals surface area (Å²) in [6.45, 7) is 2.90. The molecule has 0 spiro atoms. The first-order valence-corrected chi connectivity index (χ1v) is 11.3. The van der Waals surface area contributed by atoms with Crippen LogP contribution in [-0.4, -0.2) is 14.8 Å².